The Morgan fingerprint density at radius 2 is 2.02 bits per heavy atom. The van der Waals surface area contributed by atoms with Crippen molar-refractivity contribution in [2.75, 3.05) is 50.5 Å². The lowest BCUT2D eigenvalue weighted by Gasteiger charge is -2.32. The number of likely N-dealkylation sites (N-methyl/N-ethyl adjacent to an activating group) is 1. The number of nitriles is 1. The summed E-state index contributed by atoms with van der Waals surface area (Å²) >= 11 is 0.674. The molecule has 0 radical (unpaired) electrons. The van der Waals surface area contributed by atoms with Gasteiger partial charge in [0.15, 0.2) is 5.82 Å². The van der Waals surface area contributed by atoms with E-state index in [4.69, 9.17) is 15.2 Å². The van der Waals surface area contributed by atoms with Gasteiger partial charge in [-0.05, 0) is 57.4 Å². The fourth-order valence-corrected chi connectivity index (χ4v) is 9.25. The summed E-state index contributed by atoms with van der Waals surface area (Å²) in [4.78, 5) is 26.6. The van der Waals surface area contributed by atoms with Gasteiger partial charge in [-0.2, -0.15) is 28.4 Å². The number of carbonyl (C=O) groups excluding carboxylic acids is 1. The minimum absolute atomic E-state index is 0.0333. The van der Waals surface area contributed by atoms with Crippen molar-refractivity contribution in [2.24, 2.45) is 0 Å². The van der Waals surface area contributed by atoms with E-state index in [1.165, 1.54) is 12.0 Å². The molecule has 7 rings (SSSR count). The van der Waals surface area contributed by atoms with Gasteiger partial charge >= 0.3 is 18.3 Å². The van der Waals surface area contributed by atoms with Gasteiger partial charge in [-0.25, -0.2) is 18.0 Å². The van der Waals surface area contributed by atoms with Crippen molar-refractivity contribution < 1.29 is 40.6 Å². The molecule has 5 heterocycles. The van der Waals surface area contributed by atoms with Crippen LogP contribution >= 0.6 is 11.3 Å². The number of hydrogen-bond acceptors (Lipinski definition) is 10. The maximum atomic E-state index is 17.2. The Hall–Kier alpha value is -4.56. The van der Waals surface area contributed by atoms with Crippen LogP contribution in [0.3, 0.4) is 0 Å². The highest BCUT2D eigenvalue weighted by Crippen LogP contribution is 2.48. The number of nitrogens with zero attached hydrogens (tertiary/aromatic N) is 6. The van der Waals surface area contributed by atoms with Crippen molar-refractivity contribution in [2.45, 2.75) is 69.5 Å². The fourth-order valence-electron chi connectivity index (χ4n) is 8.30. The average molecular weight is 748 g/mol. The lowest BCUT2D eigenvalue weighted by atomic mass is 9.92. The Kier molecular flexibility index (Phi) is 9.05. The average Bonchev–Trinajstić information content (AvgIpc) is 3.84. The maximum Gasteiger partial charge on any atom is 0.417 e. The number of carbonyl (C=O) groups is 1. The number of likely N-dealkylation sites (tertiary alicyclic amines) is 1. The molecule has 4 atom stereocenters. The van der Waals surface area contributed by atoms with Crippen LogP contribution < -0.4 is 15.4 Å². The van der Waals surface area contributed by atoms with Crippen LogP contribution in [0.4, 0.5) is 42.0 Å². The molecule has 3 aliphatic heterocycles. The molecule has 1 amide bonds. The lowest BCUT2D eigenvalue weighted by molar-refractivity contribution is -0.137. The van der Waals surface area contributed by atoms with Crippen LogP contribution in [0.2, 0.25) is 0 Å². The SMILES string of the molecule is CCN(c1nc(OCC23CCCN2CC(F)C3)nc2c(F)c(-c3ccc(F)c4sc(N)c(C#N)c34)c(C(F)(F)F)cc12)C1CC(C)N(C(=O)OC)C1. The zero-order chi connectivity index (χ0) is 37.3. The molecule has 0 bridgehead atoms. The molecule has 4 aromatic rings. The molecular weight excluding hydrogens is 712 g/mol. The van der Waals surface area contributed by atoms with Crippen molar-refractivity contribution in [1.29, 1.82) is 5.26 Å². The number of methoxy groups -OCH3 is 1. The molecule has 0 aliphatic carbocycles. The number of ether oxygens (including phenoxy) is 2. The largest absolute Gasteiger partial charge is 0.461 e. The van der Waals surface area contributed by atoms with Crippen molar-refractivity contribution in [3.8, 4) is 23.2 Å². The van der Waals surface area contributed by atoms with Crippen LogP contribution in [-0.2, 0) is 10.9 Å². The Morgan fingerprint density at radius 3 is 2.71 bits per heavy atom. The molecular formula is C35H35F6N7O3S. The van der Waals surface area contributed by atoms with Gasteiger partial charge < -0.3 is 25.0 Å². The summed E-state index contributed by atoms with van der Waals surface area (Å²) in [7, 11) is 1.25. The number of anilines is 2. The Bertz CT molecular complexity index is 2120. The van der Waals surface area contributed by atoms with Gasteiger partial charge in [0.05, 0.1) is 34.5 Å². The zero-order valence-electron chi connectivity index (χ0n) is 28.5. The van der Waals surface area contributed by atoms with E-state index < -0.39 is 58.3 Å². The van der Waals surface area contributed by atoms with Gasteiger partial charge in [0.2, 0.25) is 0 Å². The van der Waals surface area contributed by atoms with Crippen molar-refractivity contribution in [3.05, 3.63) is 41.0 Å². The number of fused-ring (bicyclic) bond motifs is 3. The zero-order valence-corrected chi connectivity index (χ0v) is 29.3. The molecule has 3 aliphatic rings. The monoisotopic (exact) mass is 747 g/mol. The number of benzene rings is 2. The standard InChI is InChI=1S/C35H35F6N7O3S/c1-4-47(19-10-17(2)48(15-19)33(49)50-3)31-21-11-23(35(39,40)41)26(20-6-7-24(37)29-25(20)22(13-42)30(43)52-29)27(38)28(21)44-32(45-31)51-16-34-8-5-9-46(34)14-18(36)12-34/h6-7,11,17-19H,4-5,8-10,12,14-16,43H2,1-3H3. The van der Waals surface area contributed by atoms with Crippen molar-refractivity contribution >= 4 is 49.2 Å². The number of halogens is 6. The third-order valence-electron chi connectivity index (χ3n) is 10.6. The number of alkyl halides is 4. The van der Waals surface area contributed by atoms with E-state index in [0.29, 0.717) is 30.7 Å². The van der Waals surface area contributed by atoms with Gasteiger partial charge in [0, 0.05) is 48.4 Å². The second-order valence-corrected chi connectivity index (χ2v) is 14.7. The normalized spacial score (nSPS) is 23.4. The van der Waals surface area contributed by atoms with Gasteiger partial charge in [0.25, 0.3) is 0 Å². The number of nitrogen functional groups attached to an aromatic ring is 1. The number of aromatic nitrogens is 2. The van der Waals surface area contributed by atoms with Crippen molar-refractivity contribution in [1.82, 2.24) is 19.8 Å². The Morgan fingerprint density at radius 1 is 1.25 bits per heavy atom. The van der Waals surface area contributed by atoms with E-state index >= 15 is 17.6 Å². The predicted molar refractivity (Wildman–Crippen MR) is 183 cm³/mol. The highest BCUT2D eigenvalue weighted by Gasteiger charge is 2.49. The van der Waals surface area contributed by atoms with E-state index in [1.807, 2.05) is 17.9 Å². The minimum atomic E-state index is -5.14. The van der Waals surface area contributed by atoms with Gasteiger partial charge in [0.1, 0.15) is 41.0 Å². The van der Waals surface area contributed by atoms with E-state index in [-0.39, 0.29) is 82.1 Å². The highest BCUT2D eigenvalue weighted by molar-refractivity contribution is 7.23. The number of hydrogen-bond donors (Lipinski definition) is 1. The topological polar surface area (TPSA) is 121 Å². The molecule has 3 saturated heterocycles. The summed E-state index contributed by atoms with van der Waals surface area (Å²) in [5.41, 5.74) is 1.82. The van der Waals surface area contributed by atoms with Gasteiger partial charge in [-0.3, -0.25) is 4.90 Å². The minimum Gasteiger partial charge on any atom is -0.461 e. The first-order valence-corrected chi connectivity index (χ1v) is 17.7. The third-order valence-corrected chi connectivity index (χ3v) is 11.7. The Balaban J connectivity index is 1.46. The summed E-state index contributed by atoms with van der Waals surface area (Å²) in [6.45, 7) is 4.80. The Labute approximate surface area is 298 Å². The van der Waals surface area contributed by atoms with Crippen LogP contribution in [0.15, 0.2) is 18.2 Å². The van der Waals surface area contributed by atoms with Crippen LogP contribution in [-0.4, -0.2) is 89.6 Å². The molecule has 4 unspecified atom stereocenters. The maximum absolute atomic E-state index is 17.2. The van der Waals surface area contributed by atoms with Crippen molar-refractivity contribution in [3.63, 3.8) is 0 Å². The first kappa shape index (κ1) is 35.8. The van der Waals surface area contributed by atoms with E-state index in [0.717, 1.165) is 24.6 Å². The number of thiophene rings is 1. The summed E-state index contributed by atoms with van der Waals surface area (Å²) in [5, 5.41) is 9.20. The first-order chi connectivity index (χ1) is 24.7. The molecule has 52 heavy (non-hydrogen) atoms. The van der Waals surface area contributed by atoms with Crippen LogP contribution in [0.1, 0.15) is 50.7 Å². The fraction of sp³-hybridized carbons (Fsp3) is 0.486. The van der Waals surface area contributed by atoms with E-state index in [9.17, 15) is 18.8 Å². The molecule has 10 nitrogen and oxygen atoms in total. The molecule has 276 valence electrons. The van der Waals surface area contributed by atoms with Crippen LogP contribution in [0, 0.1) is 23.0 Å². The second kappa shape index (κ2) is 13.1. The third kappa shape index (κ3) is 5.80. The first-order valence-electron chi connectivity index (χ1n) is 16.9. The lowest BCUT2D eigenvalue weighted by Crippen LogP contribution is -2.43. The molecule has 17 heteroatoms. The molecule has 2 aromatic carbocycles. The molecule has 0 spiro atoms. The molecule has 0 saturated carbocycles. The summed E-state index contributed by atoms with van der Waals surface area (Å²) in [6.07, 6.45) is -4.68. The van der Waals surface area contributed by atoms with Crippen LogP contribution in [0.25, 0.3) is 32.1 Å². The number of nitrogens with two attached hydrogens (primary N) is 1. The predicted octanol–water partition coefficient (Wildman–Crippen LogP) is 7.27. The molecule has 3 fully saturated rings. The summed E-state index contributed by atoms with van der Waals surface area (Å²) in [6, 6.07) is 3.39. The number of rotatable bonds is 7. The number of amides is 1. The van der Waals surface area contributed by atoms with Gasteiger partial charge in [-0.15, -0.1) is 11.3 Å². The smallest absolute Gasteiger partial charge is 0.417 e. The summed E-state index contributed by atoms with van der Waals surface area (Å²) < 4.78 is 103. The highest BCUT2D eigenvalue weighted by atomic mass is 32.1. The quantitative estimate of drug-likeness (QED) is 0.195. The van der Waals surface area contributed by atoms with E-state index in [2.05, 4.69) is 9.97 Å². The van der Waals surface area contributed by atoms with E-state index in [1.54, 1.807) is 11.8 Å². The molecule has 2 aromatic heterocycles. The van der Waals surface area contributed by atoms with Crippen LogP contribution in [0.5, 0.6) is 6.01 Å². The van der Waals surface area contributed by atoms with Gasteiger partial charge in [-0.1, -0.05) is 6.07 Å². The second-order valence-electron chi connectivity index (χ2n) is 13.6. The summed E-state index contributed by atoms with van der Waals surface area (Å²) in [5.74, 6) is -2.28. The molecule has 2 N–H and O–H groups in total.